The Morgan fingerprint density at radius 2 is 0.929 bits per heavy atom. The third-order valence-corrected chi connectivity index (χ3v) is 9.23. The van der Waals surface area contributed by atoms with Gasteiger partial charge in [-0.15, -0.1) is 0 Å². The fourth-order valence-corrected chi connectivity index (χ4v) is 7.74. The Morgan fingerprint density at radius 1 is 0.536 bits per heavy atom. The van der Waals surface area contributed by atoms with Crippen LogP contribution in [0.4, 0.5) is 5.69 Å². The molecular formula is C25H20N2Si. The maximum atomic E-state index is 9.13. The van der Waals surface area contributed by atoms with Crippen molar-refractivity contribution in [1.29, 1.82) is 5.26 Å². The fraction of sp³-hybridized carbons (Fsp3) is 0. The molecule has 0 saturated carbocycles. The highest BCUT2D eigenvalue weighted by Gasteiger charge is 2.40. The van der Waals surface area contributed by atoms with E-state index in [4.69, 9.17) is 5.26 Å². The van der Waals surface area contributed by atoms with Crippen LogP contribution < -0.4 is 20.5 Å². The van der Waals surface area contributed by atoms with Crippen LogP contribution in [0.3, 0.4) is 0 Å². The van der Waals surface area contributed by atoms with E-state index < -0.39 is 8.24 Å². The molecule has 0 saturated heterocycles. The molecule has 1 N–H and O–H groups in total. The first-order valence-corrected chi connectivity index (χ1v) is 11.3. The Kier molecular flexibility index (Phi) is 5.05. The first kappa shape index (κ1) is 17.8. The monoisotopic (exact) mass is 376 g/mol. The highest BCUT2D eigenvalue weighted by atomic mass is 28.3. The summed E-state index contributed by atoms with van der Waals surface area (Å²) in [5.41, 5.74) is 1.68. The van der Waals surface area contributed by atoms with Gasteiger partial charge >= 0.3 is 0 Å². The maximum absolute atomic E-state index is 9.13. The van der Waals surface area contributed by atoms with Crippen LogP contribution >= 0.6 is 0 Å². The van der Waals surface area contributed by atoms with E-state index in [9.17, 15) is 0 Å². The Labute approximate surface area is 166 Å². The molecule has 3 heteroatoms. The Balaban J connectivity index is 1.96. The summed E-state index contributed by atoms with van der Waals surface area (Å²) in [6.07, 6.45) is 0. The molecule has 0 fully saturated rings. The fourth-order valence-electron chi connectivity index (χ4n) is 3.63. The lowest BCUT2D eigenvalue weighted by Crippen LogP contribution is -2.72. The number of benzene rings is 4. The number of anilines is 1. The molecule has 4 aromatic carbocycles. The third-order valence-electron chi connectivity index (χ3n) is 4.97. The van der Waals surface area contributed by atoms with Gasteiger partial charge in [-0.3, -0.25) is 0 Å². The van der Waals surface area contributed by atoms with Crippen LogP contribution in [0.1, 0.15) is 5.56 Å². The zero-order valence-electron chi connectivity index (χ0n) is 15.4. The second kappa shape index (κ2) is 7.95. The summed E-state index contributed by atoms with van der Waals surface area (Å²) in [5, 5.41) is 13.0. The van der Waals surface area contributed by atoms with Gasteiger partial charge in [0.15, 0.2) is 0 Å². The SMILES string of the molecule is N#Cc1ccc(N[Si](c2ccccc2)(c2ccccc2)c2ccccc2)cc1. The smallest absolute Gasteiger partial charge is 0.250 e. The zero-order valence-corrected chi connectivity index (χ0v) is 16.4. The molecule has 4 aromatic rings. The molecular weight excluding hydrogens is 356 g/mol. The van der Waals surface area contributed by atoms with Gasteiger partial charge in [0.05, 0.1) is 11.6 Å². The topological polar surface area (TPSA) is 35.8 Å². The molecule has 134 valence electrons. The van der Waals surface area contributed by atoms with Gasteiger partial charge in [-0.1, -0.05) is 91.0 Å². The Morgan fingerprint density at radius 3 is 1.29 bits per heavy atom. The Hall–Kier alpha value is -3.61. The van der Waals surface area contributed by atoms with Crippen LogP contribution in [0, 0.1) is 11.3 Å². The summed E-state index contributed by atoms with van der Waals surface area (Å²) in [6.45, 7) is 0. The van der Waals surface area contributed by atoms with Gasteiger partial charge in [0.1, 0.15) is 0 Å². The summed E-state index contributed by atoms with van der Waals surface area (Å²) in [4.78, 5) is 3.92. The van der Waals surface area contributed by atoms with Gasteiger partial charge in [0, 0.05) is 5.69 Å². The van der Waals surface area contributed by atoms with Gasteiger partial charge in [0.2, 0.25) is 0 Å². The highest BCUT2D eigenvalue weighted by molar-refractivity contribution is 7.13. The molecule has 0 aliphatic heterocycles. The van der Waals surface area contributed by atoms with Gasteiger partial charge in [-0.05, 0) is 39.8 Å². The van der Waals surface area contributed by atoms with Crippen molar-refractivity contribution >= 4 is 29.5 Å². The third kappa shape index (κ3) is 3.34. The van der Waals surface area contributed by atoms with Crippen LogP contribution in [0.5, 0.6) is 0 Å². The van der Waals surface area contributed by atoms with Crippen LogP contribution in [0.25, 0.3) is 0 Å². The van der Waals surface area contributed by atoms with E-state index in [1.165, 1.54) is 15.6 Å². The second-order valence-corrected chi connectivity index (χ2v) is 10.1. The van der Waals surface area contributed by atoms with Crippen molar-refractivity contribution < 1.29 is 0 Å². The van der Waals surface area contributed by atoms with E-state index in [0.29, 0.717) is 5.56 Å². The molecule has 0 unspecified atom stereocenters. The first-order valence-electron chi connectivity index (χ1n) is 9.28. The quantitative estimate of drug-likeness (QED) is 0.426. The number of hydrogen-bond donors (Lipinski definition) is 1. The summed E-state index contributed by atoms with van der Waals surface area (Å²) >= 11 is 0. The number of nitriles is 1. The molecule has 0 spiro atoms. The summed E-state index contributed by atoms with van der Waals surface area (Å²) in [5.74, 6) is 0. The van der Waals surface area contributed by atoms with Crippen molar-refractivity contribution in [1.82, 2.24) is 0 Å². The van der Waals surface area contributed by atoms with E-state index in [0.717, 1.165) is 5.69 Å². The molecule has 2 nitrogen and oxygen atoms in total. The van der Waals surface area contributed by atoms with Crippen molar-refractivity contribution in [3.63, 3.8) is 0 Å². The number of hydrogen-bond acceptors (Lipinski definition) is 2. The van der Waals surface area contributed by atoms with E-state index >= 15 is 0 Å². The van der Waals surface area contributed by atoms with Gasteiger partial charge in [-0.25, -0.2) is 0 Å². The van der Waals surface area contributed by atoms with Crippen molar-refractivity contribution in [2.24, 2.45) is 0 Å². The van der Waals surface area contributed by atoms with E-state index in [1.807, 2.05) is 24.3 Å². The number of nitrogens with zero attached hydrogens (tertiary/aromatic N) is 1. The molecule has 0 aromatic heterocycles. The maximum Gasteiger partial charge on any atom is 0.250 e. The normalized spacial score (nSPS) is 10.8. The summed E-state index contributed by atoms with van der Waals surface area (Å²) < 4.78 is 0. The molecule has 28 heavy (non-hydrogen) atoms. The minimum Gasteiger partial charge on any atom is -0.400 e. The molecule has 0 radical (unpaired) electrons. The average molecular weight is 377 g/mol. The van der Waals surface area contributed by atoms with Crippen LogP contribution in [0.15, 0.2) is 115 Å². The highest BCUT2D eigenvalue weighted by Crippen LogP contribution is 2.15. The van der Waals surface area contributed by atoms with Crippen molar-refractivity contribution in [3.05, 3.63) is 121 Å². The minimum absolute atomic E-state index is 0.664. The first-order chi connectivity index (χ1) is 13.8. The molecule has 0 atom stereocenters. The molecule has 0 bridgehead atoms. The molecule has 0 aliphatic rings. The van der Waals surface area contributed by atoms with Crippen molar-refractivity contribution in [2.75, 3.05) is 4.98 Å². The minimum atomic E-state index is -2.53. The lowest BCUT2D eigenvalue weighted by atomic mass is 10.2. The van der Waals surface area contributed by atoms with E-state index in [1.54, 1.807) is 0 Å². The lowest BCUT2D eigenvalue weighted by molar-refractivity contribution is 1.48. The predicted octanol–water partition coefficient (Wildman–Crippen LogP) is 3.64. The van der Waals surface area contributed by atoms with Crippen LogP contribution in [-0.4, -0.2) is 8.24 Å². The molecule has 0 aliphatic carbocycles. The van der Waals surface area contributed by atoms with Gasteiger partial charge < -0.3 is 4.98 Å². The molecule has 0 amide bonds. The van der Waals surface area contributed by atoms with Crippen LogP contribution in [0.2, 0.25) is 0 Å². The number of nitrogens with one attached hydrogen (secondary N) is 1. The average Bonchev–Trinajstić information content (AvgIpc) is 2.80. The lowest BCUT2D eigenvalue weighted by Gasteiger charge is -2.35. The zero-order chi connectivity index (χ0) is 19.2. The molecule has 0 heterocycles. The second-order valence-electron chi connectivity index (χ2n) is 6.66. The van der Waals surface area contributed by atoms with Gasteiger partial charge in [-0.2, -0.15) is 5.26 Å². The standard InChI is InChI=1S/C25H20N2Si/c26-20-21-16-18-22(19-17-21)27-28(23-10-4-1-5-11-23,24-12-6-2-7-13-24)25-14-8-3-9-15-25/h1-19,27H. The summed E-state index contributed by atoms with van der Waals surface area (Å²) in [6, 6.07) is 42.0. The van der Waals surface area contributed by atoms with Crippen molar-refractivity contribution in [3.8, 4) is 6.07 Å². The van der Waals surface area contributed by atoms with E-state index in [2.05, 4.69) is 102 Å². The van der Waals surface area contributed by atoms with Crippen molar-refractivity contribution in [2.45, 2.75) is 0 Å². The summed E-state index contributed by atoms with van der Waals surface area (Å²) in [7, 11) is -2.53. The number of rotatable bonds is 5. The van der Waals surface area contributed by atoms with Gasteiger partial charge in [0.25, 0.3) is 8.24 Å². The largest absolute Gasteiger partial charge is 0.400 e. The predicted molar refractivity (Wildman–Crippen MR) is 119 cm³/mol. The molecule has 4 rings (SSSR count). The Bertz CT molecular complexity index is 974. The van der Waals surface area contributed by atoms with Crippen LogP contribution in [-0.2, 0) is 0 Å². The van der Waals surface area contributed by atoms with E-state index in [-0.39, 0.29) is 0 Å².